The molecule has 1 aromatic heterocycles. The van der Waals surface area contributed by atoms with Crippen LogP contribution < -0.4 is 10.2 Å². The number of nitrogens with zero attached hydrogens (tertiary/aromatic N) is 4. The lowest BCUT2D eigenvalue weighted by atomic mass is 10.2. The van der Waals surface area contributed by atoms with E-state index in [4.69, 9.17) is 0 Å². The van der Waals surface area contributed by atoms with Crippen LogP contribution in [-0.4, -0.2) is 39.5 Å². The zero-order valence-corrected chi connectivity index (χ0v) is 15.6. The number of hydrogen-bond acceptors (Lipinski definition) is 5. The van der Waals surface area contributed by atoms with Crippen molar-refractivity contribution in [2.45, 2.75) is 43.8 Å². The second-order valence-corrected chi connectivity index (χ2v) is 7.84. The zero-order chi connectivity index (χ0) is 18.1. The summed E-state index contributed by atoms with van der Waals surface area (Å²) < 4.78 is 16.1. The van der Waals surface area contributed by atoms with Gasteiger partial charge >= 0.3 is 0 Å². The molecule has 2 fully saturated rings. The van der Waals surface area contributed by atoms with Crippen molar-refractivity contribution in [1.82, 2.24) is 14.8 Å². The molecule has 1 aliphatic carbocycles. The molecule has 0 spiro atoms. The Labute approximate surface area is 156 Å². The Morgan fingerprint density at radius 2 is 2.08 bits per heavy atom. The van der Waals surface area contributed by atoms with Gasteiger partial charge in [-0.2, -0.15) is 0 Å². The first-order chi connectivity index (χ1) is 12.6. The summed E-state index contributed by atoms with van der Waals surface area (Å²) in [6.07, 6.45) is 4.63. The molecule has 138 valence electrons. The molecule has 6 nitrogen and oxygen atoms in total. The van der Waals surface area contributed by atoms with Crippen molar-refractivity contribution >= 4 is 29.3 Å². The van der Waals surface area contributed by atoms with Gasteiger partial charge in [-0.15, -0.1) is 10.2 Å². The van der Waals surface area contributed by atoms with Gasteiger partial charge in [0.25, 0.3) is 0 Å². The van der Waals surface area contributed by atoms with E-state index < -0.39 is 5.82 Å². The Morgan fingerprint density at radius 3 is 2.77 bits per heavy atom. The van der Waals surface area contributed by atoms with Crippen LogP contribution in [0, 0.1) is 12.7 Å². The number of aromatic nitrogens is 3. The topological polar surface area (TPSA) is 63.1 Å². The molecular formula is C18H22FN5OS. The minimum absolute atomic E-state index is 0.179. The molecule has 1 amide bonds. The summed E-state index contributed by atoms with van der Waals surface area (Å²) in [7, 11) is 0. The van der Waals surface area contributed by atoms with Crippen molar-refractivity contribution in [1.29, 1.82) is 0 Å². The summed E-state index contributed by atoms with van der Waals surface area (Å²) in [6.45, 7) is 3.85. The molecule has 0 atom stereocenters. The third-order valence-corrected chi connectivity index (χ3v) is 5.62. The fourth-order valence-electron chi connectivity index (χ4n) is 3.19. The maximum atomic E-state index is 13.9. The molecule has 0 bridgehead atoms. The van der Waals surface area contributed by atoms with E-state index in [0.29, 0.717) is 6.04 Å². The molecule has 2 aliphatic rings. The minimum Gasteiger partial charge on any atom is -0.341 e. The maximum Gasteiger partial charge on any atom is 0.234 e. The quantitative estimate of drug-likeness (QED) is 0.784. The lowest BCUT2D eigenvalue weighted by Gasteiger charge is -2.17. The molecule has 1 saturated heterocycles. The Morgan fingerprint density at radius 1 is 1.31 bits per heavy atom. The Bertz CT molecular complexity index is 814. The largest absolute Gasteiger partial charge is 0.341 e. The second kappa shape index (κ2) is 7.26. The van der Waals surface area contributed by atoms with Gasteiger partial charge in [-0.3, -0.25) is 9.36 Å². The van der Waals surface area contributed by atoms with E-state index in [1.54, 1.807) is 12.1 Å². The summed E-state index contributed by atoms with van der Waals surface area (Å²) in [6, 6.07) is 5.22. The van der Waals surface area contributed by atoms with E-state index in [2.05, 4.69) is 25.0 Å². The van der Waals surface area contributed by atoms with E-state index >= 15 is 0 Å². The smallest absolute Gasteiger partial charge is 0.234 e. The molecule has 26 heavy (non-hydrogen) atoms. The van der Waals surface area contributed by atoms with Gasteiger partial charge in [0.2, 0.25) is 11.9 Å². The van der Waals surface area contributed by atoms with E-state index in [9.17, 15) is 9.18 Å². The number of nitrogens with one attached hydrogen (secondary N) is 1. The summed E-state index contributed by atoms with van der Waals surface area (Å²) in [4.78, 5) is 14.5. The minimum atomic E-state index is -0.416. The van der Waals surface area contributed by atoms with Crippen molar-refractivity contribution in [3.8, 4) is 0 Å². The molecule has 0 radical (unpaired) electrons. The highest BCUT2D eigenvalue weighted by Gasteiger charge is 2.32. The van der Waals surface area contributed by atoms with Gasteiger partial charge in [-0.1, -0.05) is 17.8 Å². The number of aryl methyl sites for hydroxylation is 1. The summed E-state index contributed by atoms with van der Waals surface area (Å²) in [5.74, 6) is 0.446. The monoisotopic (exact) mass is 375 g/mol. The van der Waals surface area contributed by atoms with Crippen molar-refractivity contribution < 1.29 is 9.18 Å². The van der Waals surface area contributed by atoms with Gasteiger partial charge in [-0.05, 0) is 50.3 Å². The van der Waals surface area contributed by atoms with E-state index in [1.807, 2.05) is 6.92 Å². The van der Waals surface area contributed by atoms with Crippen LogP contribution in [0.4, 0.5) is 16.0 Å². The number of halogens is 1. The summed E-state index contributed by atoms with van der Waals surface area (Å²) >= 11 is 1.36. The lowest BCUT2D eigenvalue weighted by Crippen LogP contribution is -2.22. The van der Waals surface area contributed by atoms with Crippen LogP contribution in [0.25, 0.3) is 0 Å². The average Bonchev–Trinajstić information content (AvgIpc) is 3.14. The van der Waals surface area contributed by atoms with Gasteiger partial charge < -0.3 is 10.2 Å². The highest BCUT2D eigenvalue weighted by atomic mass is 32.2. The van der Waals surface area contributed by atoms with Crippen LogP contribution in [0.3, 0.4) is 0 Å². The van der Waals surface area contributed by atoms with E-state index in [1.165, 1.54) is 30.7 Å². The number of thioether (sulfide) groups is 1. The van der Waals surface area contributed by atoms with Gasteiger partial charge in [0.15, 0.2) is 5.16 Å². The molecule has 2 heterocycles. The molecule has 1 aromatic carbocycles. The number of amides is 1. The SMILES string of the molecule is Cc1ccc(NC(=O)CSc2nnc(N3CCCC3)n2C2CC2)c(F)c1. The third-order valence-electron chi connectivity index (χ3n) is 4.68. The van der Waals surface area contributed by atoms with Gasteiger partial charge in [0.1, 0.15) is 5.82 Å². The zero-order valence-electron chi connectivity index (χ0n) is 14.7. The molecule has 1 N–H and O–H groups in total. The number of hydrogen-bond donors (Lipinski definition) is 1. The number of carbonyl (C=O) groups is 1. The Balaban J connectivity index is 1.42. The predicted octanol–water partition coefficient (Wildman–Crippen LogP) is 3.39. The Kier molecular flexibility index (Phi) is 4.84. The summed E-state index contributed by atoms with van der Waals surface area (Å²) in [5, 5.41) is 12.1. The lowest BCUT2D eigenvalue weighted by molar-refractivity contribution is -0.113. The summed E-state index contributed by atoms with van der Waals surface area (Å²) in [5.41, 5.74) is 1.03. The van der Waals surface area contributed by atoms with E-state index in [0.717, 1.165) is 42.6 Å². The molecular weight excluding hydrogens is 353 g/mol. The van der Waals surface area contributed by atoms with Gasteiger partial charge in [0, 0.05) is 19.1 Å². The van der Waals surface area contributed by atoms with Gasteiger partial charge in [-0.25, -0.2) is 4.39 Å². The molecule has 4 rings (SSSR count). The van der Waals surface area contributed by atoms with Crippen molar-refractivity contribution in [3.05, 3.63) is 29.6 Å². The fourth-order valence-corrected chi connectivity index (χ4v) is 3.99. The van der Waals surface area contributed by atoms with Crippen LogP contribution in [0.5, 0.6) is 0 Å². The molecule has 0 unspecified atom stereocenters. The molecule has 8 heteroatoms. The highest BCUT2D eigenvalue weighted by Crippen LogP contribution is 2.41. The van der Waals surface area contributed by atoms with Crippen LogP contribution in [-0.2, 0) is 4.79 Å². The number of benzene rings is 1. The van der Waals surface area contributed by atoms with Crippen molar-refractivity contribution in [2.75, 3.05) is 29.1 Å². The second-order valence-electron chi connectivity index (χ2n) is 6.90. The van der Waals surface area contributed by atoms with Gasteiger partial charge in [0.05, 0.1) is 11.4 Å². The van der Waals surface area contributed by atoms with Crippen LogP contribution >= 0.6 is 11.8 Å². The first-order valence-electron chi connectivity index (χ1n) is 9.00. The molecule has 1 saturated carbocycles. The third kappa shape index (κ3) is 3.70. The fraction of sp³-hybridized carbons (Fsp3) is 0.500. The number of anilines is 2. The van der Waals surface area contributed by atoms with Crippen LogP contribution in [0.15, 0.2) is 23.4 Å². The van der Waals surface area contributed by atoms with Crippen molar-refractivity contribution in [2.24, 2.45) is 0 Å². The van der Waals surface area contributed by atoms with E-state index in [-0.39, 0.29) is 17.3 Å². The number of rotatable bonds is 6. The highest BCUT2D eigenvalue weighted by molar-refractivity contribution is 7.99. The van der Waals surface area contributed by atoms with Crippen LogP contribution in [0.1, 0.15) is 37.3 Å². The first-order valence-corrected chi connectivity index (χ1v) is 9.99. The van der Waals surface area contributed by atoms with Crippen LogP contribution in [0.2, 0.25) is 0 Å². The normalized spacial score (nSPS) is 16.9. The predicted molar refractivity (Wildman–Crippen MR) is 100 cm³/mol. The first kappa shape index (κ1) is 17.3. The number of carbonyl (C=O) groups excluding carboxylic acids is 1. The average molecular weight is 375 g/mol. The molecule has 1 aliphatic heterocycles. The molecule has 2 aromatic rings. The standard InChI is InChI=1S/C18H22FN5OS/c1-12-4-7-15(14(19)10-12)20-16(25)11-26-18-22-21-17(23-8-2-3-9-23)24(18)13-5-6-13/h4,7,10,13H,2-3,5-6,8-9,11H2,1H3,(H,20,25). The maximum absolute atomic E-state index is 13.9. The Hall–Kier alpha value is -2.09. The van der Waals surface area contributed by atoms with Crippen molar-refractivity contribution in [3.63, 3.8) is 0 Å².